The average molecular weight is 222 g/mol. The minimum atomic E-state index is -0.351. The molecule has 0 radical (unpaired) electrons. The normalized spacial score (nSPS) is 59.6. The van der Waals surface area contributed by atoms with Crippen molar-refractivity contribution >= 4 is 0 Å². The molecule has 3 aliphatic carbocycles. The molecule has 16 heavy (non-hydrogen) atoms. The Morgan fingerprint density at radius 1 is 1.19 bits per heavy atom. The lowest BCUT2D eigenvalue weighted by Crippen LogP contribution is -2.30. The third kappa shape index (κ3) is 1.11. The fraction of sp³-hybridized carbons (Fsp3) is 1.00. The minimum Gasteiger partial charge on any atom is -0.390 e. The fourth-order valence-electron chi connectivity index (χ4n) is 5.57. The van der Waals surface area contributed by atoms with Crippen molar-refractivity contribution in [2.45, 2.75) is 59.0 Å². The van der Waals surface area contributed by atoms with E-state index in [4.69, 9.17) is 0 Å². The Balaban J connectivity index is 1.92. The lowest BCUT2D eigenvalue weighted by molar-refractivity contribution is 0.0291. The van der Waals surface area contributed by atoms with Crippen LogP contribution in [-0.2, 0) is 0 Å². The minimum absolute atomic E-state index is 0.351. The number of hydrogen-bond acceptors (Lipinski definition) is 1. The van der Waals surface area contributed by atoms with Crippen LogP contribution in [-0.4, -0.2) is 10.7 Å². The van der Waals surface area contributed by atoms with Gasteiger partial charge in [0.2, 0.25) is 0 Å². The highest BCUT2D eigenvalue weighted by atomic mass is 16.3. The number of aliphatic hydroxyl groups is 1. The molecule has 3 fully saturated rings. The third-order valence-corrected chi connectivity index (χ3v) is 6.35. The summed E-state index contributed by atoms with van der Waals surface area (Å²) in [6.45, 7) is 9.27. The van der Waals surface area contributed by atoms with E-state index in [2.05, 4.69) is 27.7 Å². The van der Waals surface area contributed by atoms with Crippen LogP contribution in [0, 0.1) is 35.0 Å². The van der Waals surface area contributed by atoms with Crippen molar-refractivity contribution < 1.29 is 5.11 Å². The van der Waals surface area contributed by atoms with Crippen molar-refractivity contribution in [3.8, 4) is 0 Å². The van der Waals surface area contributed by atoms with E-state index >= 15 is 0 Å². The van der Waals surface area contributed by atoms with E-state index in [1.165, 1.54) is 19.3 Å². The predicted octanol–water partition coefficient (Wildman–Crippen LogP) is 3.47. The van der Waals surface area contributed by atoms with E-state index in [1.54, 1.807) is 0 Å². The molecule has 3 rings (SSSR count). The SMILES string of the molecule is CC(C)[C@H]1CC[C@H](C)[C@]23CC[C@](C)(O)C2[C@H]13. The molecular formula is C15H26O. The van der Waals surface area contributed by atoms with Crippen LogP contribution in [0.4, 0.5) is 0 Å². The molecule has 0 saturated heterocycles. The molecule has 0 aromatic rings. The molecule has 3 aliphatic rings. The van der Waals surface area contributed by atoms with Crippen LogP contribution in [0.1, 0.15) is 53.4 Å². The van der Waals surface area contributed by atoms with Crippen molar-refractivity contribution in [2.24, 2.45) is 35.0 Å². The van der Waals surface area contributed by atoms with Gasteiger partial charge in [-0.25, -0.2) is 0 Å². The van der Waals surface area contributed by atoms with Crippen LogP contribution >= 0.6 is 0 Å². The Kier molecular flexibility index (Phi) is 2.11. The molecule has 3 saturated carbocycles. The van der Waals surface area contributed by atoms with Gasteiger partial charge in [0.15, 0.2) is 0 Å². The molecule has 0 aliphatic heterocycles. The highest BCUT2D eigenvalue weighted by molar-refractivity contribution is 5.26. The van der Waals surface area contributed by atoms with Gasteiger partial charge in [0, 0.05) is 0 Å². The summed E-state index contributed by atoms with van der Waals surface area (Å²) >= 11 is 0. The molecule has 0 heterocycles. The number of fused-ring (bicyclic) bond motifs is 1. The van der Waals surface area contributed by atoms with Gasteiger partial charge in [-0.2, -0.15) is 0 Å². The van der Waals surface area contributed by atoms with Crippen LogP contribution < -0.4 is 0 Å². The Labute approximate surface area is 99.6 Å². The second-order valence-corrected chi connectivity index (χ2v) is 7.36. The lowest BCUT2D eigenvalue weighted by Gasteiger charge is -2.36. The summed E-state index contributed by atoms with van der Waals surface area (Å²) in [6.07, 6.45) is 5.13. The molecule has 6 atom stereocenters. The monoisotopic (exact) mass is 222 g/mol. The molecule has 0 amide bonds. The van der Waals surface area contributed by atoms with E-state index < -0.39 is 0 Å². The second kappa shape index (κ2) is 3.04. The van der Waals surface area contributed by atoms with E-state index in [0.717, 1.165) is 30.1 Å². The highest BCUT2D eigenvalue weighted by Gasteiger charge is 2.77. The van der Waals surface area contributed by atoms with Crippen LogP contribution in [0.3, 0.4) is 0 Å². The summed E-state index contributed by atoms with van der Waals surface area (Å²) in [5.41, 5.74) is 0.201. The topological polar surface area (TPSA) is 20.2 Å². The zero-order chi connectivity index (χ0) is 11.7. The Morgan fingerprint density at radius 2 is 1.88 bits per heavy atom. The van der Waals surface area contributed by atoms with Crippen molar-refractivity contribution in [1.29, 1.82) is 0 Å². The van der Waals surface area contributed by atoms with E-state index in [0.29, 0.717) is 11.3 Å². The summed E-state index contributed by atoms with van der Waals surface area (Å²) in [4.78, 5) is 0. The van der Waals surface area contributed by atoms with Gasteiger partial charge in [-0.1, -0.05) is 20.8 Å². The van der Waals surface area contributed by atoms with Gasteiger partial charge in [-0.05, 0) is 67.6 Å². The van der Waals surface area contributed by atoms with E-state index in [1.807, 2.05) is 0 Å². The van der Waals surface area contributed by atoms with Crippen molar-refractivity contribution in [2.75, 3.05) is 0 Å². The Bertz CT molecular complexity index is 307. The van der Waals surface area contributed by atoms with Crippen molar-refractivity contribution in [3.63, 3.8) is 0 Å². The van der Waals surface area contributed by atoms with Crippen molar-refractivity contribution in [3.05, 3.63) is 0 Å². The van der Waals surface area contributed by atoms with Crippen LogP contribution in [0.2, 0.25) is 0 Å². The zero-order valence-corrected chi connectivity index (χ0v) is 11.2. The molecule has 1 spiro atoms. The first-order chi connectivity index (χ1) is 7.41. The largest absolute Gasteiger partial charge is 0.390 e. The molecule has 0 aromatic carbocycles. The molecule has 1 N–H and O–H groups in total. The summed E-state index contributed by atoms with van der Waals surface area (Å²) in [7, 11) is 0. The van der Waals surface area contributed by atoms with Gasteiger partial charge >= 0.3 is 0 Å². The first-order valence-electron chi connectivity index (χ1n) is 7.13. The highest BCUT2D eigenvalue weighted by Crippen LogP contribution is 2.80. The van der Waals surface area contributed by atoms with Gasteiger partial charge in [-0.15, -0.1) is 0 Å². The molecule has 0 bridgehead atoms. The van der Waals surface area contributed by atoms with Gasteiger partial charge < -0.3 is 5.11 Å². The van der Waals surface area contributed by atoms with E-state index in [-0.39, 0.29) is 5.60 Å². The maximum absolute atomic E-state index is 10.5. The van der Waals surface area contributed by atoms with Crippen LogP contribution in [0.15, 0.2) is 0 Å². The van der Waals surface area contributed by atoms with Gasteiger partial charge in [0.05, 0.1) is 5.60 Å². The van der Waals surface area contributed by atoms with Gasteiger partial charge in [0.1, 0.15) is 0 Å². The number of rotatable bonds is 1. The maximum Gasteiger partial charge on any atom is 0.0656 e. The van der Waals surface area contributed by atoms with Gasteiger partial charge in [0.25, 0.3) is 0 Å². The first kappa shape index (κ1) is 11.1. The quantitative estimate of drug-likeness (QED) is 0.720. The first-order valence-corrected chi connectivity index (χ1v) is 7.13. The van der Waals surface area contributed by atoms with Gasteiger partial charge in [-0.3, -0.25) is 0 Å². The second-order valence-electron chi connectivity index (χ2n) is 7.36. The van der Waals surface area contributed by atoms with Crippen molar-refractivity contribution in [1.82, 2.24) is 0 Å². The summed E-state index contributed by atoms with van der Waals surface area (Å²) in [5, 5.41) is 10.5. The standard InChI is InChI=1S/C15H26O/c1-9(2)11-6-5-10(3)15-8-7-14(4,16)13(15)12(11)15/h9-13,16H,5-8H2,1-4H3/t10-,11+,12-,13?,14-,15-/m0/s1. The number of hydrogen-bond donors (Lipinski definition) is 1. The molecule has 1 nitrogen and oxygen atoms in total. The smallest absolute Gasteiger partial charge is 0.0656 e. The zero-order valence-electron chi connectivity index (χ0n) is 11.2. The molecule has 92 valence electrons. The van der Waals surface area contributed by atoms with Crippen LogP contribution in [0.5, 0.6) is 0 Å². The lowest BCUT2D eigenvalue weighted by atomic mass is 9.69. The summed E-state index contributed by atoms with van der Waals surface area (Å²) < 4.78 is 0. The molecule has 0 aromatic heterocycles. The van der Waals surface area contributed by atoms with E-state index in [9.17, 15) is 5.11 Å². The Hall–Kier alpha value is -0.0400. The Morgan fingerprint density at radius 3 is 2.50 bits per heavy atom. The van der Waals surface area contributed by atoms with Crippen LogP contribution in [0.25, 0.3) is 0 Å². The summed E-state index contributed by atoms with van der Waals surface area (Å²) in [5.74, 6) is 4.01. The maximum atomic E-state index is 10.5. The third-order valence-electron chi connectivity index (χ3n) is 6.35. The average Bonchev–Trinajstić information content (AvgIpc) is 2.79. The molecule has 1 unspecified atom stereocenters. The predicted molar refractivity (Wildman–Crippen MR) is 66.0 cm³/mol. The molecule has 1 heteroatoms. The fourth-order valence-corrected chi connectivity index (χ4v) is 5.57. The summed E-state index contributed by atoms with van der Waals surface area (Å²) in [6, 6.07) is 0. The molecular weight excluding hydrogens is 196 g/mol.